The zero-order valence-corrected chi connectivity index (χ0v) is 5.72. The molecule has 58 valence electrons. The third-order valence-corrected chi connectivity index (χ3v) is 0.708. The minimum atomic E-state index is -0.756. The second-order valence-electron chi connectivity index (χ2n) is 1.69. The lowest BCUT2D eigenvalue weighted by molar-refractivity contribution is -0.153. The topological polar surface area (TPSA) is 43.4 Å². The van der Waals surface area contributed by atoms with Crippen LogP contribution in [0.15, 0.2) is 24.8 Å². The molecule has 4 heteroatoms. The molecule has 0 amide bonds. The average molecular weight is 166 g/mol. The van der Waals surface area contributed by atoms with Gasteiger partial charge in [-0.15, -0.1) is 0 Å². The highest BCUT2D eigenvalue weighted by Gasteiger charge is 2.06. The van der Waals surface area contributed by atoms with E-state index in [1.807, 2.05) is 0 Å². The van der Waals surface area contributed by atoms with Crippen molar-refractivity contribution in [1.82, 2.24) is 0 Å². The van der Waals surface area contributed by atoms with Crippen LogP contribution in [0.5, 0.6) is 0 Å². The molecule has 0 aromatic heterocycles. The van der Waals surface area contributed by atoms with Crippen molar-refractivity contribution in [2.24, 2.45) is 0 Å². The third-order valence-electron chi connectivity index (χ3n) is 0.708. The van der Waals surface area contributed by atoms with E-state index in [0.29, 0.717) is 0 Å². The summed E-state index contributed by atoms with van der Waals surface area (Å²) in [6, 6.07) is 0. The molecule has 0 aliphatic heterocycles. The molecular weight excluding hydrogens is 156 g/mol. The molecule has 3 nitrogen and oxygen atoms in total. The summed E-state index contributed by atoms with van der Waals surface area (Å²) in [5.41, 5.74) is 0.190. The smallest absolute Gasteiger partial charge is 0.340 e. The predicted octanol–water partition coefficient (Wildman–Crippen LogP) is -0.0979. The Morgan fingerprint density at radius 2 is 1.91 bits per heavy atom. The number of carbonyl (C=O) groups excluding carboxylic acids is 2. The maximum atomic E-state index is 10.5. The summed E-state index contributed by atoms with van der Waals surface area (Å²) >= 11 is 0. The molecule has 0 aliphatic rings. The minimum absolute atomic E-state index is 0. The highest BCUT2D eigenvalue weighted by molar-refractivity contribution is 5.98. The van der Waals surface area contributed by atoms with Crippen molar-refractivity contribution in [3.8, 4) is 0 Å². The number of rotatable bonds is 2. The maximum absolute atomic E-state index is 10.5. The number of ether oxygens (including phenoxy) is 1. The van der Waals surface area contributed by atoms with Crippen molar-refractivity contribution in [3.05, 3.63) is 24.8 Å². The monoisotopic (exact) mass is 166 g/mol. The second kappa shape index (κ2) is 6.12. The van der Waals surface area contributed by atoms with E-state index in [1.165, 1.54) is 6.92 Å². The molecule has 0 bridgehead atoms. The quantitative estimate of drug-likeness (QED) is 0.249. The van der Waals surface area contributed by atoms with Crippen molar-refractivity contribution in [1.29, 1.82) is 0 Å². The molecule has 0 N–H and O–H groups in total. The van der Waals surface area contributed by atoms with E-state index < -0.39 is 11.9 Å². The molecule has 0 unspecified atom stereocenters. The fourth-order valence-corrected chi connectivity index (χ4v) is 0.220. The Balaban J connectivity index is 0. The highest BCUT2D eigenvalue weighted by Crippen LogP contribution is 1.92. The van der Waals surface area contributed by atoms with Gasteiger partial charge in [0.1, 0.15) is 0 Å². The molecule has 0 radical (unpaired) electrons. The summed E-state index contributed by atoms with van der Waals surface area (Å²) in [6.07, 6.45) is 0.918. The van der Waals surface area contributed by atoms with E-state index >= 15 is 0 Å². The van der Waals surface area contributed by atoms with Gasteiger partial charge in [-0.25, -0.2) is 9.59 Å². The largest absolute Gasteiger partial charge is 0.386 e. The van der Waals surface area contributed by atoms with Crippen LogP contribution in [0.4, 0.5) is 0 Å². The molecule has 11 heavy (non-hydrogen) atoms. The number of hydrogen-bond acceptors (Lipinski definition) is 3. The summed E-state index contributed by atoms with van der Waals surface area (Å²) in [5, 5.41) is 0. The fourth-order valence-electron chi connectivity index (χ4n) is 0.220. The summed E-state index contributed by atoms with van der Waals surface area (Å²) in [7, 11) is 0. The van der Waals surface area contributed by atoms with Gasteiger partial charge in [-0.05, 0) is 6.92 Å². The lowest BCUT2D eigenvalue weighted by Crippen LogP contribution is -2.09. The highest BCUT2D eigenvalue weighted by atomic mass is 24.3. The molecule has 0 spiro atoms. The Morgan fingerprint density at radius 3 is 2.18 bits per heavy atom. The van der Waals surface area contributed by atoms with E-state index in [2.05, 4.69) is 17.9 Å². The van der Waals surface area contributed by atoms with Crippen LogP contribution < -0.4 is 0 Å². The molecule has 0 saturated carbocycles. The van der Waals surface area contributed by atoms with Crippen molar-refractivity contribution in [2.45, 2.75) is 6.92 Å². The Bertz CT molecular complexity index is 196. The number of carbonyl (C=O) groups is 2. The van der Waals surface area contributed by atoms with Crippen LogP contribution in [0, 0.1) is 0 Å². The molecule has 0 heterocycles. The van der Waals surface area contributed by atoms with Gasteiger partial charge < -0.3 is 4.74 Å². The molecule has 0 rings (SSSR count). The van der Waals surface area contributed by atoms with Crippen LogP contribution >= 0.6 is 0 Å². The average Bonchev–Trinajstić information content (AvgIpc) is 1.87. The van der Waals surface area contributed by atoms with Gasteiger partial charge >= 0.3 is 35.0 Å². The van der Waals surface area contributed by atoms with Crippen molar-refractivity contribution in [2.75, 3.05) is 0 Å². The summed E-state index contributed by atoms with van der Waals surface area (Å²) in [6.45, 7) is 7.85. The minimum Gasteiger partial charge on any atom is -0.386 e. The maximum Gasteiger partial charge on any atom is 0.340 e. The molecule has 0 aromatic carbocycles. The van der Waals surface area contributed by atoms with Gasteiger partial charge in [-0.1, -0.05) is 13.2 Å². The van der Waals surface area contributed by atoms with E-state index in [9.17, 15) is 9.59 Å². The Morgan fingerprint density at radius 1 is 1.45 bits per heavy atom. The first kappa shape index (κ1) is 13.0. The Labute approximate surface area is 81.3 Å². The second-order valence-corrected chi connectivity index (χ2v) is 1.69. The molecule has 0 aromatic rings. The summed E-state index contributed by atoms with van der Waals surface area (Å²) < 4.78 is 4.17. The van der Waals surface area contributed by atoms with Gasteiger partial charge in [0, 0.05) is 11.6 Å². The van der Waals surface area contributed by atoms with Gasteiger partial charge in [0.2, 0.25) is 0 Å². The van der Waals surface area contributed by atoms with Gasteiger partial charge in [0.15, 0.2) is 0 Å². The summed E-state index contributed by atoms with van der Waals surface area (Å²) in [4.78, 5) is 20.8. The van der Waals surface area contributed by atoms with Gasteiger partial charge in [0.05, 0.1) is 0 Å². The van der Waals surface area contributed by atoms with Gasteiger partial charge in [0.25, 0.3) is 0 Å². The number of hydrogen-bond donors (Lipinski definition) is 0. The van der Waals surface area contributed by atoms with E-state index in [4.69, 9.17) is 0 Å². The normalized spacial score (nSPS) is 7.36. The SMILES string of the molecule is C=CC(=O)OC(=O)C(=C)C.[MgH2]. The van der Waals surface area contributed by atoms with Gasteiger partial charge in [-0.3, -0.25) is 0 Å². The first-order valence-corrected chi connectivity index (χ1v) is 2.62. The van der Waals surface area contributed by atoms with Crippen LogP contribution in [-0.2, 0) is 14.3 Å². The molecular formula is C7H10MgO3. The van der Waals surface area contributed by atoms with Gasteiger partial charge in [-0.2, -0.15) is 0 Å². The molecule has 0 atom stereocenters. The third kappa shape index (κ3) is 5.81. The van der Waals surface area contributed by atoms with Crippen LogP contribution in [0.3, 0.4) is 0 Å². The fraction of sp³-hybridized carbons (Fsp3) is 0.143. The van der Waals surface area contributed by atoms with Crippen molar-refractivity contribution >= 4 is 35.0 Å². The first-order chi connectivity index (χ1) is 4.57. The van der Waals surface area contributed by atoms with Crippen molar-refractivity contribution < 1.29 is 14.3 Å². The Kier molecular flexibility index (Phi) is 7.24. The zero-order valence-electron chi connectivity index (χ0n) is 5.72. The Hall–Kier alpha value is -0.614. The first-order valence-electron chi connectivity index (χ1n) is 2.62. The lowest BCUT2D eigenvalue weighted by Gasteiger charge is -1.95. The van der Waals surface area contributed by atoms with E-state index in [0.717, 1.165) is 6.08 Å². The number of esters is 2. The van der Waals surface area contributed by atoms with E-state index in [1.54, 1.807) is 0 Å². The van der Waals surface area contributed by atoms with E-state index in [-0.39, 0.29) is 28.6 Å². The zero-order chi connectivity index (χ0) is 8.15. The predicted molar refractivity (Wildman–Crippen MR) is 44.7 cm³/mol. The standard InChI is InChI=1S/C7H8O3.Mg.2H/c1-4-6(8)10-7(9)5(2)3;;;/h4H,1-2H2,3H3;;;. The molecule has 0 aliphatic carbocycles. The van der Waals surface area contributed by atoms with Crippen LogP contribution in [0.1, 0.15) is 6.92 Å². The van der Waals surface area contributed by atoms with Crippen molar-refractivity contribution in [3.63, 3.8) is 0 Å². The lowest BCUT2D eigenvalue weighted by atomic mass is 10.4. The van der Waals surface area contributed by atoms with Crippen LogP contribution in [-0.4, -0.2) is 35.0 Å². The van der Waals surface area contributed by atoms with Crippen LogP contribution in [0.25, 0.3) is 0 Å². The molecule has 0 fully saturated rings. The van der Waals surface area contributed by atoms with Crippen LogP contribution in [0.2, 0.25) is 0 Å². The molecule has 0 saturated heterocycles. The summed E-state index contributed by atoms with van der Waals surface area (Å²) in [5.74, 6) is -1.47.